The van der Waals surface area contributed by atoms with Gasteiger partial charge in [0.2, 0.25) is 0 Å². The van der Waals surface area contributed by atoms with Gasteiger partial charge in [-0.3, -0.25) is 14.3 Å². The molecule has 32 heavy (non-hydrogen) atoms. The average Bonchev–Trinajstić information content (AvgIpc) is 3.55. The van der Waals surface area contributed by atoms with Crippen molar-refractivity contribution in [3.05, 3.63) is 109 Å². The van der Waals surface area contributed by atoms with Gasteiger partial charge in [0.1, 0.15) is 17.8 Å². The van der Waals surface area contributed by atoms with Gasteiger partial charge in [-0.1, -0.05) is 24.3 Å². The number of benzene rings is 1. The quantitative estimate of drug-likeness (QED) is 0.454. The van der Waals surface area contributed by atoms with E-state index in [0.29, 0.717) is 17.8 Å². The lowest BCUT2D eigenvalue weighted by Crippen LogP contribution is -2.23. The molecule has 8 nitrogen and oxygen atoms in total. The number of hydrogen-bond acceptors (Lipinski definition) is 5. The van der Waals surface area contributed by atoms with E-state index in [1.165, 1.54) is 0 Å². The highest BCUT2D eigenvalue weighted by Gasteiger charge is 2.18. The Morgan fingerprint density at radius 2 is 1.84 bits per heavy atom. The lowest BCUT2D eigenvalue weighted by molar-refractivity contribution is 0.0951. The van der Waals surface area contributed by atoms with Crippen LogP contribution in [0.25, 0.3) is 22.8 Å². The van der Waals surface area contributed by atoms with E-state index in [4.69, 9.17) is 0 Å². The predicted molar refractivity (Wildman–Crippen MR) is 119 cm³/mol. The number of pyridine rings is 2. The maximum Gasteiger partial charge on any atom is 0.255 e. The normalized spacial score (nSPS) is 10.8. The van der Waals surface area contributed by atoms with Crippen molar-refractivity contribution in [2.45, 2.75) is 6.54 Å². The van der Waals surface area contributed by atoms with Crippen LogP contribution in [0.4, 0.5) is 0 Å². The molecule has 4 aromatic heterocycles. The Hall–Kier alpha value is -4.59. The molecule has 1 amide bonds. The number of amides is 1. The molecule has 0 atom stereocenters. The molecule has 4 heterocycles. The van der Waals surface area contributed by atoms with Gasteiger partial charge in [-0.05, 0) is 35.9 Å². The van der Waals surface area contributed by atoms with Crippen LogP contribution in [0, 0.1) is 0 Å². The fourth-order valence-electron chi connectivity index (χ4n) is 3.32. The maximum atomic E-state index is 13.1. The SMILES string of the molecule is O=C(NCc1ccc(-n2ccnc2)nc1)c1cn(-c2ccccc2)nc1-c1cccnc1. The standard InChI is InChI=1S/C24H19N7O/c32-24(28-14-18-8-9-22(27-13-18)30-12-11-26-17-30)21-16-31(20-6-2-1-3-7-20)29-23(21)19-5-4-10-25-15-19/h1-13,15-17H,14H2,(H,28,32). The summed E-state index contributed by atoms with van der Waals surface area (Å²) in [5, 5.41) is 7.63. The van der Waals surface area contributed by atoms with Gasteiger partial charge in [-0.25, -0.2) is 14.6 Å². The van der Waals surface area contributed by atoms with E-state index in [2.05, 4.69) is 25.4 Å². The van der Waals surface area contributed by atoms with Crippen LogP contribution in [0.5, 0.6) is 0 Å². The number of hydrogen-bond donors (Lipinski definition) is 1. The van der Waals surface area contributed by atoms with E-state index in [1.54, 1.807) is 42.0 Å². The second-order valence-electron chi connectivity index (χ2n) is 7.09. The van der Waals surface area contributed by atoms with Crippen LogP contribution in [0.15, 0.2) is 98.1 Å². The van der Waals surface area contributed by atoms with Gasteiger partial charge in [0.25, 0.3) is 5.91 Å². The third-order valence-electron chi connectivity index (χ3n) is 4.95. The largest absolute Gasteiger partial charge is 0.348 e. The number of aromatic nitrogens is 6. The van der Waals surface area contributed by atoms with Crippen molar-refractivity contribution in [2.24, 2.45) is 0 Å². The third kappa shape index (κ3) is 4.01. The molecule has 0 saturated heterocycles. The zero-order chi connectivity index (χ0) is 21.8. The van der Waals surface area contributed by atoms with Gasteiger partial charge in [0, 0.05) is 49.3 Å². The summed E-state index contributed by atoms with van der Waals surface area (Å²) in [5.74, 6) is 0.547. The van der Waals surface area contributed by atoms with Gasteiger partial charge in [0.15, 0.2) is 0 Å². The van der Waals surface area contributed by atoms with Gasteiger partial charge in [-0.2, -0.15) is 5.10 Å². The highest BCUT2D eigenvalue weighted by molar-refractivity contribution is 5.99. The van der Waals surface area contributed by atoms with Gasteiger partial charge >= 0.3 is 0 Å². The summed E-state index contributed by atoms with van der Waals surface area (Å²) >= 11 is 0. The second-order valence-corrected chi connectivity index (χ2v) is 7.09. The molecule has 1 aromatic carbocycles. The highest BCUT2D eigenvalue weighted by Crippen LogP contribution is 2.23. The van der Waals surface area contributed by atoms with Gasteiger partial charge in [0.05, 0.1) is 11.3 Å². The molecule has 0 spiro atoms. The van der Waals surface area contributed by atoms with E-state index < -0.39 is 0 Å². The van der Waals surface area contributed by atoms with E-state index in [1.807, 2.05) is 65.4 Å². The van der Waals surface area contributed by atoms with E-state index >= 15 is 0 Å². The van der Waals surface area contributed by atoms with Crippen LogP contribution in [0.3, 0.4) is 0 Å². The Balaban J connectivity index is 1.38. The molecule has 0 aliphatic heterocycles. The fourth-order valence-corrected chi connectivity index (χ4v) is 3.32. The zero-order valence-electron chi connectivity index (χ0n) is 17.0. The number of carbonyl (C=O) groups excluding carboxylic acids is 1. The van der Waals surface area contributed by atoms with E-state index in [-0.39, 0.29) is 5.91 Å². The summed E-state index contributed by atoms with van der Waals surface area (Å²) in [6.45, 7) is 0.346. The topological polar surface area (TPSA) is 90.5 Å². The van der Waals surface area contributed by atoms with Crippen LogP contribution >= 0.6 is 0 Å². The van der Waals surface area contributed by atoms with Crippen molar-refractivity contribution in [3.8, 4) is 22.8 Å². The molecule has 5 rings (SSSR count). The number of nitrogens with one attached hydrogen (secondary N) is 1. The molecule has 0 aliphatic carbocycles. The van der Waals surface area contributed by atoms with Crippen LogP contribution in [-0.4, -0.2) is 35.2 Å². The summed E-state index contributed by atoms with van der Waals surface area (Å²) in [6, 6.07) is 17.2. The lowest BCUT2D eigenvalue weighted by atomic mass is 10.1. The van der Waals surface area contributed by atoms with Gasteiger partial charge < -0.3 is 5.32 Å². The van der Waals surface area contributed by atoms with Crippen molar-refractivity contribution in [1.82, 2.24) is 34.6 Å². The monoisotopic (exact) mass is 421 g/mol. The number of nitrogens with zero attached hydrogens (tertiary/aromatic N) is 6. The second kappa shape index (κ2) is 8.65. The number of carbonyl (C=O) groups is 1. The molecule has 0 aliphatic rings. The van der Waals surface area contributed by atoms with Crippen molar-refractivity contribution in [3.63, 3.8) is 0 Å². The van der Waals surface area contributed by atoms with Crippen LogP contribution in [0.1, 0.15) is 15.9 Å². The number of rotatable bonds is 6. The van der Waals surface area contributed by atoms with Gasteiger partial charge in [-0.15, -0.1) is 0 Å². The molecule has 0 saturated carbocycles. The molecule has 0 bridgehead atoms. The summed E-state index contributed by atoms with van der Waals surface area (Å²) in [5.41, 5.74) is 3.59. The number of para-hydroxylation sites is 1. The third-order valence-corrected chi connectivity index (χ3v) is 4.95. The predicted octanol–water partition coefficient (Wildman–Crippen LogP) is 3.45. The van der Waals surface area contributed by atoms with E-state index in [9.17, 15) is 4.79 Å². The smallest absolute Gasteiger partial charge is 0.255 e. The first-order valence-electron chi connectivity index (χ1n) is 10.0. The fraction of sp³-hybridized carbons (Fsp3) is 0.0417. The van der Waals surface area contributed by atoms with E-state index in [0.717, 1.165) is 22.6 Å². The zero-order valence-corrected chi connectivity index (χ0v) is 17.0. The van der Waals surface area contributed by atoms with Crippen LogP contribution in [0.2, 0.25) is 0 Å². The molecular weight excluding hydrogens is 402 g/mol. The molecule has 1 N–H and O–H groups in total. The maximum absolute atomic E-state index is 13.1. The molecule has 0 unspecified atom stereocenters. The first-order chi connectivity index (χ1) is 15.8. The first-order valence-corrected chi connectivity index (χ1v) is 10.0. The molecule has 5 aromatic rings. The minimum atomic E-state index is -0.218. The number of imidazole rings is 1. The summed E-state index contributed by atoms with van der Waals surface area (Å²) in [4.78, 5) is 25.7. The lowest BCUT2D eigenvalue weighted by Gasteiger charge is -2.07. The van der Waals surface area contributed by atoms with Crippen molar-refractivity contribution < 1.29 is 4.79 Å². The Morgan fingerprint density at radius 1 is 0.938 bits per heavy atom. The summed E-state index contributed by atoms with van der Waals surface area (Å²) < 4.78 is 3.53. The molecule has 0 radical (unpaired) electrons. The van der Waals surface area contributed by atoms with Crippen molar-refractivity contribution in [1.29, 1.82) is 0 Å². The molecular formula is C24H19N7O. The Kier molecular flexibility index (Phi) is 5.24. The Morgan fingerprint density at radius 3 is 2.56 bits per heavy atom. The highest BCUT2D eigenvalue weighted by atomic mass is 16.1. The Bertz CT molecular complexity index is 1310. The molecule has 8 heteroatoms. The van der Waals surface area contributed by atoms with Crippen LogP contribution < -0.4 is 5.32 Å². The van der Waals surface area contributed by atoms with Crippen molar-refractivity contribution in [2.75, 3.05) is 0 Å². The minimum Gasteiger partial charge on any atom is -0.348 e. The minimum absolute atomic E-state index is 0.218. The summed E-state index contributed by atoms with van der Waals surface area (Å²) in [6.07, 6.45) is 12.1. The molecule has 0 fully saturated rings. The first kappa shape index (κ1) is 19.4. The summed E-state index contributed by atoms with van der Waals surface area (Å²) in [7, 11) is 0. The molecule has 156 valence electrons. The average molecular weight is 421 g/mol. The van der Waals surface area contributed by atoms with Crippen molar-refractivity contribution >= 4 is 5.91 Å². The Labute approximate surface area is 184 Å². The van der Waals surface area contributed by atoms with Crippen LogP contribution in [-0.2, 0) is 6.54 Å².